The van der Waals surface area contributed by atoms with Crippen LogP contribution in [0.15, 0.2) is 41.3 Å². The first-order valence-corrected chi connectivity index (χ1v) is 14.3. The molecule has 0 aromatic heterocycles. The summed E-state index contributed by atoms with van der Waals surface area (Å²) in [7, 11) is -3.65. The van der Waals surface area contributed by atoms with Crippen LogP contribution in [0.5, 0.6) is 0 Å². The first-order chi connectivity index (χ1) is 17.0. The van der Waals surface area contributed by atoms with Crippen molar-refractivity contribution in [3.8, 4) is 0 Å². The minimum absolute atomic E-state index is 0.125. The molecule has 2 heterocycles. The van der Waals surface area contributed by atoms with Gasteiger partial charge in [0.05, 0.1) is 35.9 Å². The summed E-state index contributed by atoms with van der Waals surface area (Å²) < 4.78 is 33.4. The maximum atomic E-state index is 13.3. The summed E-state index contributed by atoms with van der Waals surface area (Å²) in [6.45, 7) is 3.30. The molecule has 3 aliphatic rings. The van der Waals surface area contributed by atoms with E-state index < -0.39 is 10.0 Å². The highest BCUT2D eigenvalue weighted by Gasteiger charge is 2.28. The number of anilines is 2. The second-order valence-electron chi connectivity index (χ2n) is 9.78. The van der Waals surface area contributed by atoms with E-state index in [1.54, 1.807) is 12.1 Å². The highest BCUT2D eigenvalue weighted by molar-refractivity contribution is 7.89. The van der Waals surface area contributed by atoms with Gasteiger partial charge in [-0.25, -0.2) is 8.42 Å². The van der Waals surface area contributed by atoms with Crippen molar-refractivity contribution in [2.45, 2.75) is 56.3 Å². The lowest BCUT2D eigenvalue weighted by atomic mass is 9.90. The summed E-state index contributed by atoms with van der Waals surface area (Å²) >= 11 is 0. The van der Waals surface area contributed by atoms with E-state index in [0.717, 1.165) is 50.0 Å². The zero-order chi connectivity index (χ0) is 24.3. The van der Waals surface area contributed by atoms with Gasteiger partial charge in [-0.15, -0.1) is 0 Å². The van der Waals surface area contributed by atoms with Gasteiger partial charge in [-0.1, -0.05) is 18.2 Å². The van der Waals surface area contributed by atoms with Crippen molar-refractivity contribution < 1.29 is 17.9 Å². The SMILES string of the molecule is O=C(Cc1ccc2c(c1)CCCC2)Nc1cc(S(=O)(=O)N2CCOCC2)ccc1N1CCCCC1. The summed E-state index contributed by atoms with van der Waals surface area (Å²) in [5.41, 5.74) is 5.22. The third-order valence-electron chi connectivity index (χ3n) is 7.32. The van der Waals surface area contributed by atoms with Gasteiger partial charge in [0, 0.05) is 26.2 Å². The molecule has 188 valence electrons. The molecular formula is C27H35N3O4S. The second-order valence-corrected chi connectivity index (χ2v) is 11.7. The molecular weight excluding hydrogens is 462 g/mol. The van der Waals surface area contributed by atoms with Gasteiger partial charge < -0.3 is 15.0 Å². The Bertz CT molecular complexity index is 1170. The number of carbonyl (C=O) groups excluding carboxylic acids is 1. The fourth-order valence-corrected chi connectivity index (χ4v) is 6.83. The quantitative estimate of drug-likeness (QED) is 0.658. The second kappa shape index (κ2) is 10.7. The van der Waals surface area contributed by atoms with Crippen molar-refractivity contribution in [1.29, 1.82) is 0 Å². The standard InChI is InChI=1S/C27H35N3O4S/c31-27(19-21-8-9-22-6-2-3-7-23(22)18-21)28-25-20-24(35(32,33)30-14-16-34-17-15-30)10-11-26(25)29-12-4-1-5-13-29/h8-11,18,20H,1-7,12-17,19H2,(H,28,31). The van der Waals surface area contributed by atoms with Crippen LogP contribution in [-0.4, -0.2) is 58.0 Å². The summed E-state index contributed by atoms with van der Waals surface area (Å²) in [6.07, 6.45) is 8.28. The first kappa shape index (κ1) is 24.3. The van der Waals surface area contributed by atoms with Crippen LogP contribution in [0.4, 0.5) is 11.4 Å². The number of morpholine rings is 1. The molecule has 0 bridgehead atoms. The Kier molecular flexibility index (Phi) is 7.41. The van der Waals surface area contributed by atoms with Gasteiger partial charge in [0.1, 0.15) is 0 Å². The minimum atomic E-state index is -3.65. The third-order valence-corrected chi connectivity index (χ3v) is 9.22. The number of nitrogens with one attached hydrogen (secondary N) is 1. The van der Waals surface area contributed by atoms with Gasteiger partial charge in [-0.05, 0) is 79.8 Å². The van der Waals surface area contributed by atoms with Gasteiger partial charge in [0.2, 0.25) is 15.9 Å². The number of hydrogen-bond acceptors (Lipinski definition) is 5. The Labute approximate surface area is 208 Å². The van der Waals surface area contributed by atoms with Gasteiger partial charge >= 0.3 is 0 Å². The summed E-state index contributed by atoms with van der Waals surface area (Å²) in [5.74, 6) is -0.125. The smallest absolute Gasteiger partial charge is 0.243 e. The number of rotatable bonds is 6. The number of benzene rings is 2. The fourth-order valence-electron chi connectivity index (χ4n) is 5.40. The Morgan fingerprint density at radius 3 is 2.37 bits per heavy atom. The molecule has 0 unspecified atom stereocenters. The molecule has 2 aliphatic heterocycles. The predicted molar refractivity (Wildman–Crippen MR) is 138 cm³/mol. The molecule has 0 spiro atoms. The van der Waals surface area contributed by atoms with Crippen LogP contribution < -0.4 is 10.2 Å². The number of amides is 1. The highest BCUT2D eigenvalue weighted by atomic mass is 32.2. The van der Waals surface area contributed by atoms with E-state index >= 15 is 0 Å². The van der Waals surface area contributed by atoms with E-state index in [9.17, 15) is 13.2 Å². The van der Waals surface area contributed by atoms with Crippen molar-refractivity contribution in [2.75, 3.05) is 49.6 Å². The Hall–Kier alpha value is -2.42. The van der Waals surface area contributed by atoms with Crippen molar-refractivity contribution in [3.63, 3.8) is 0 Å². The van der Waals surface area contributed by atoms with Crippen LogP contribution in [0.1, 0.15) is 48.8 Å². The van der Waals surface area contributed by atoms with E-state index in [1.165, 1.54) is 34.7 Å². The molecule has 1 N–H and O–H groups in total. The number of fused-ring (bicyclic) bond motifs is 1. The monoisotopic (exact) mass is 497 g/mol. The van der Waals surface area contributed by atoms with Crippen LogP contribution in [0.25, 0.3) is 0 Å². The molecule has 7 nitrogen and oxygen atoms in total. The molecule has 8 heteroatoms. The average molecular weight is 498 g/mol. The molecule has 2 aromatic rings. The number of aryl methyl sites for hydroxylation is 2. The fraction of sp³-hybridized carbons (Fsp3) is 0.519. The topological polar surface area (TPSA) is 79.0 Å². The molecule has 1 amide bonds. The minimum Gasteiger partial charge on any atom is -0.379 e. The summed E-state index contributed by atoms with van der Waals surface area (Å²) in [5, 5.41) is 3.06. The van der Waals surface area contributed by atoms with Crippen molar-refractivity contribution in [1.82, 2.24) is 4.31 Å². The lowest BCUT2D eigenvalue weighted by molar-refractivity contribution is -0.115. The summed E-state index contributed by atoms with van der Waals surface area (Å²) in [6, 6.07) is 11.5. The Morgan fingerprint density at radius 1 is 0.857 bits per heavy atom. The van der Waals surface area contributed by atoms with E-state index in [2.05, 4.69) is 28.4 Å². The molecule has 2 saturated heterocycles. The van der Waals surface area contributed by atoms with Crippen molar-refractivity contribution in [2.24, 2.45) is 0 Å². The largest absolute Gasteiger partial charge is 0.379 e. The molecule has 0 atom stereocenters. The summed E-state index contributed by atoms with van der Waals surface area (Å²) in [4.78, 5) is 15.6. The predicted octanol–water partition coefficient (Wildman–Crippen LogP) is 3.76. The third kappa shape index (κ3) is 5.55. The van der Waals surface area contributed by atoms with Gasteiger partial charge in [0.25, 0.3) is 0 Å². The maximum Gasteiger partial charge on any atom is 0.243 e. The number of piperidine rings is 1. The molecule has 1 aliphatic carbocycles. The number of ether oxygens (including phenoxy) is 1. The van der Waals surface area contributed by atoms with E-state index in [1.807, 2.05) is 6.07 Å². The zero-order valence-corrected chi connectivity index (χ0v) is 21.1. The Balaban J connectivity index is 1.39. The van der Waals surface area contributed by atoms with Crippen LogP contribution >= 0.6 is 0 Å². The van der Waals surface area contributed by atoms with E-state index in [0.29, 0.717) is 32.0 Å². The van der Waals surface area contributed by atoms with Crippen molar-refractivity contribution >= 4 is 27.3 Å². The van der Waals surface area contributed by atoms with Gasteiger partial charge in [-0.3, -0.25) is 4.79 Å². The zero-order valence-electron chi connectivity index (χ0n) is 20.3. The number of nitrogens with zero attached hydrogens (tertiary/aromatic N) is 2. The first-order valence-electron chi connectivity index (χ1n) is 12.9. The normalized spacial score (nSPS) is 19.3. The molecule has 35 heavy (non-hydrogen) atoms. The molecule has 0 saturated carbocycles. The number of carbonyl (C=O) groups is 1. The van der Waals surface area contributed by atoms with Crippen LogP contribution in [-0.2, 0) is 38.8 Å². The van der Waals surface area contributed by atoms with Crippen molar-refractivity contribution in [3.05, 3.63) is 53.1 Å². The number of sulfonamides is 1. The molecule has 2 aromatic carbocycles. The van der Waals surface area contributed by atoms with Crippen LogP contribution in [0.3, 0.4) is 0 Å². The molecule has 5 rings (SSSR count). The Morgan fingerprint density at radius 2 is 1.60 bits per heavy atom. The van der Waals surface area contributed by atoms with E-state index in [4.69, 9.17) is 4.74 Å². The number of hydrogen-bond donors (Lipinski definition) is 1. The van der Waals surface area contributed by atoms with Gasteiger partial charge in [0.15, 0.2) is 0 Å². The maximum absolute atomic E-state index is 13.3. The lowest BCUT2D eigenvalue weighted by Gasteiger charge is -2.31. The molecule has 0 radical (unpaired) electrons. The van der Waals surface area contributed by atoms with Crippen LogP contribution in [0.2, 0.25) is 0 Å². The van der Waals surface area contributed by atoms with Gasteiger partial charge in [-0.2, -0.15) is 4.31 Å². The molecule has 2 fully saturated rings. The lowest BCUT2D eigenvalue weighted by Crippen LogP contribution is -2.40. The highest BCUT2D eigenvalue weighted by Crippen LogP contribution is 2.32. The average Bonchev–Trinajstić information content (AvgIpc) is 2.89. The van der Waals surface area contributed by atoms with E-state index in [-0.39, 0.29) is 17.2 Å². The van der Waals surface area contributed by atoms with Crippen LogP contribution in [0, 0.1) is 0 Å².